The molecule has 1 N–H and O–H groups in total. The van der Waals surface area contributed by atoms with Crippen LogP contribution in [0.2, 0.25) is 0 Å². The van der Waals surface area contributed by atoms with Gasteiger partial charge in [-0.2, -0.15) is 0 Å². The first kappa shape index (κ1) is 23.3. The first-order valence-electron chi connectivity index (χ1n) is 10.7. The van der Waals surface area contributed by atoms with Crippen LogP contribution in [0.3, 0.4) is 0 Å². The number of rotatable bonds is 7. The predicted molar refractivity (Wildman–Crippen MR) is 133 cm³/mol. The molecule has 0 aliphatic carbocycles. The lowest BCUT2D eigenvalue weighted by Gasteiger charge is -2.18. The molecular weight excluding hydrogens is 459 g/mol. The third-order valence-corrected chi connectivity index (χ3v) is 7.35. The maximum Gasteiger partial charge on any atom is 0.240 e. The molecule has 0 saturated carbocycles. The Bertz CT molecular complexity index is 1350. The average molecular weight is 485 g/mol. The fraction of sp³-hybridized carbons (Fsp3) is 0.292. The molecule has 172 valence electrons. The van der Waals surface area contributed by atoms with Crippen LogP contribution in [0.15, 0.2) is 36.5 Å². The summed E-state index contributed by atoms with van der Waals surface area (Å²) < 4.78 is 37.1. The van der Waals surface area contributed by atoms with Gasteiger partial charge in [0.05, 0.1) is 16.4 Å². The number of nitrogens with one attached hydrogen (secondary N) is 1. The van der Waals surface area contributed by atoms with Crippen LogP contribution in [-0.4, -0.2) is 24.4 Å². The van der Waals surface area contributed by atoms with E-state index in [0.717, 1.165) is 21.4 Å². The largest absolute Gasteiger partial charge is 0.436 e. The van der Waals surface area contributed by atoms with E-state index in [1.165, 1.54) is 11.3 Å². The molecule has 4 rings (SSSR count). The number of fused-ring (bicyclic) bond motifs is 1. The molecular formula is C24H25FN4O2S2. The number of aromatic nitrogens is 3. The normalized spacial score (nSPS) is 12.3. The van der Waals surface area contributed by atoms with Crippen LogP contribution in [0.1, 0.15) is 37.2 Å². The Balaban J connectivity index is 1.85. The van der Waals surface area contributed by atoms with Crippen molar-refractivity contribution in [3.8, 4) is 22.2 Å². The van der Waals surface area contributed by atoms with Gasteiger partial charge in [-0.25, -0.2) is 23.6 Å². The van der Waals surface area contributed by atoms with Crippen LogP contribution in [-0.2, 0) is 17.4 Å². The van der Waals surface area contributed by atoms with E-state index in [1.807, 2.05) is 52.0 Å². The van der Waals surface area contributed by atoms with E-state index >= 15 is 4.39 Å². The van der Waals surface area contributed by atoms with Crippen LogP contribution in [0.4, 0.5) is 10.1 Å². The molecule has 33 heavy (non-hydrogen) atoms. The molecule has 0 aliphatic heterocycles. The van der Waals surface area contributed by atoms with Gasteiger partial charge < -0.3 is 9.46 Å². The maximum atomic E-state index is 15.5. The van der Waals surface area contributed by atoms with E-state index in [2.05, 4.69) is 19.7 Å². The van der Waals surface area contributed by atoms with Gasteiger partial charge in [0, 0.05) is 34.2 Å². The molecule has 4 aromatic rings. The number of benzene rings is 2. The fourth-order valence-corrected chi connectivity index (χ4v) is 4.84. The lowest BCUT2D eigenvalue weighted by Crippen LogP contribution is -2.16. The van der Waals surface area contributed by atoms with Crippen LogP contribution < -0.4 is 9.46 Å². The van der Waals surface area contributed by atoms with Gasteiger partial charge in [-0.15, -0.1) is 11.3 Å². The van der Waals surface area contributed by atoms with E-state index in [4.69, 9.17) is 4.74 Å². The number of hydrogen-bond acceptors (Lipinski definition) is 6. The zero-order chi connectivity index (χ0) is 23.7. The summed E-state index contributed by atoms with van der Waals surface area (Å²) in [6.07, 6.45) is 2.43. The van der Waals surface area contributed by atoms with Crippen molar-refractivity contribution in [3.63, 3.8) is 0 Å². The Hall–Kier alpha value is -2.91. The second kappa shape index (κ2) is 9.52. The molecule has 9 heteroatoms. The van der Waals surface area contributed by atoms with Gasteiger partial charge in [0.25, 0.3) is 0 Å². The standard InChI is InChI=1S/C24H25FN4O2S2/c1-6-19-26-12-11-18(28-19)23-24(27-15(5)32-23)31-22-14(4)20(25)21(29-33(30)13(2)3)16-9-7-8-10-17(16)22/h7-13,29H,6H2,1-5H3. The quantitative estimate of drug-likeness (QED) is 0.331. The summed E-state index contributed by atoms with van der Waals surface area (Å²) in [6, 6.07) is 9.14. The zero-order valence-electron chi connectivity index (χ0n) is 19.1. The van der Waals surface area contributed by atoms with E-state index in [0.29, 0.717) is 34.4 Å². The topological polar surface area (TPSA) is 77.0 Å². The molecule has 0 fully saturated rings. The summed E-state index contributed by atoms with van der Waals surface area (Å²) in [5.74, 6) is 0.977. The predicted octanol–water partition coefficient (Wildman–Crippen LogP) is 6.35. The number of aryl methyl sites for hydroxylation is 2. The zero-order valence-corrected chi connectivity index (χ0v) is 20.7. The molecule has 0 radical (unpaired) electrons. The highest BCUT2D eigenvalue weighted by Gasteiger charge is 2.23. The van der Waals surface area contributed by atoms with Gasteiger partial charge >= 0.3 is 0 Å². The molecule has 0 bridgehead atoms. The molecule has 6 nitrogen and oxygen atoms in total. The van der Waals surface area contributed by atoms with Crippen LogP contribution >= 0.6 is 11.3 Å². The summed E-state index contributed by atoms with van der Waals surface area (Å²) >= 11 is 1.46. The molecule has 2 aromatic heterocycles. The number of ether oxygens (including phenoxy) is 1. The van der Waals surface area contributed by atoms with Crippen LogP contribution in [0.5, 0.6) is 11.6 Å². The molecule has 1 unspecified atom stereocenters. The van der Waals surface area contributed by atoms with Crippen molar-refractivity contribution in [3.05, 3.63) is 58.7 Å². The number of halogens is 1. The Kier molecular flexibility index (Phi) is 6.71. The molecule has 1 atom stereocenters. The summed E-state index contributed by atoms with van der Waals surface area (Å²) in [7, 11) is -1.43. The molecule has 2 aromatic carbocycles. The maximum absolute atomic E-state index is 15.5. The van der Waals surface area contributed by atoms with Crippen molar-refractivity contribution < 1.29 is 13.3 Å². The lowest BCUT2D eigenvalue weighted by atomic mass is 10.0. The highest BCUT2D eigenvalue weighted by molar-refractivity contribution is 7.86. The number of anilines is 1. The van der Waals surface area contributed by atoms with Crippen molar-refractivity contribution in [2.24, 2.45) is 0 Å². The van der Waals surface area contributed by atoms with Gasteiger partial charge in [0.15, 0.2) is 5.82 Å². The van der Waals surface area contributed by atoms with E-state index < -0.39 is 16.8 Å². The smallest absolute Gasteiger partial charge is 0.240 e. The number of nitrogens with zero attached hydrogens (tertiary/aromatic N) is 3. The summed E-state index contributed by atoms with van der Waals surface area (Å²) in [5.41, 5.74) is 1.24. The number of thiazole rings is 1. The van der Waals surface area contributed by atoms with Gasteiger partial charge in [-0.3, -0.25) is 0 Å². The van der Waals surface area contributed by atoms with E-state index in [-0.39, 0.29) is 10.9 Å². The number of hydrogen-bond donors (Lipinski definition) is 1. The Morgan fingerprint density at radius 1 is 1.15 bits per heavy atom. The minimum absolute atomic E-state index is 0.166. The molecule has 0 amide bonds. The summed E-state index contributed by atoms with van der Waals surface area (Å²) in [5, 5.41) is 1.94. The van der Waals surface area contributed by atoms with Gasteiger partial charge in [-0.1, -0.05) is 31.2 Å². The van der Waals surface area contributed by atoms with E-state index in [9.17, 15) is 4.21 Å². The highest BCUT2D eigenvalue weighted by Crippen LogP contribution is 2.43. The molecule has 0 saturated heterocycles. The minimum atomic E-state index is -1.43. The second-order valence-corrected chi connectivity index (χ2v) is 10.8. The van der Waals surface area contributed by atoms with E-state index in [1.54, 1.807) is 19.2 Å². The molecule has 0 spiro atoms. The first-order chi connectivity index (χ1) is 15.8. The van der Waals surface area contributed by atoms with Gasteiger partial charge in [-0.05, 0) is 33.8 Å². The summed E-state index contributed by atoms with van der Waals surface area (Å²) in [6.45, 7) is 9.17. The summed E-state index contributed by atoms with van der Waals surface area (Å²) in [4.78, 5) is 14.2. The Labute approximate surface area is 198 Å². The average Bonchev–Trinajstić information content (AvgIpc) is 3.19. The Morgan fingerprint density at radius 2 is 1.88 bits per heavy atom. The third-order valence-electron chi connectivity index (χ3n) is 5.12. The van der Waals surface area contributed by atoms with Crippen molar-refractivity contribution in [1.29, 1.82) is 0 Å². The van der Waals surface area contributed by atoms with Crippen molar-refractivity contribution >= 4 is 38.8 Å². The van der Waals surface area contributed by atoms with Crippen molar-refractivity contribution in [2.75, 3.05) is 4.72 Å². The molecule has 2 heterocycles. The van der Waals surface area contributed by atoms with Crippen molar-refractivity contribution in [2.45, 2.75) is 46.3 Å². The lowest BCUT2D eigenvalue weighted by molar-refractivity contribution is 0.463. The monoisotopic (exact) mass is 484 g/mol. The Morgan fingerprint density at radius 3 is 2.58 bits per heavy atom. The first-order valence-corrected chi connectivity index (χ1v) is 12.7. The van der Waals surface area contributed by atoms with Crippen molar-refractivity contribution in [1.82, 2.24) is 15.0 Å². The minimum Gasteiger partial charge on any atom is -0.436 e. The fourth-order valence-electron chi connectivity index (χ4n) is 3.39. The SMILES string of the molecule is CCc1nccc(-c2sc(C)nc2Oc2c(C)c(F)c(NS(=O)C(C)C)c3ccccc23)n1. The van der Waals surface area contributed by atoms with Crippen LogP contribution in [0, 0.1) is 19.7 Å². The highest BCUT2D eigenvalue weighted by atomic mass is 32.2. The van der Waals surface area contributed by atoms with Crippen LogP contribution in [0.25, 0.3) is 21.3 Å². The molecule has 0 aliphatic rings. The second-order valence-electron chi connectivity index (χ2n) is 7.82. The van der Waals surface area contributed by atoms with Gasteiger partial charge in [0.1, 0.15) is 27.4 Å². The third kappa shape index (κ3) is 4.60. The van der Waals surface area contributed by atoms with Gasteiger partial charge in [0.2, 0.25) is 5.88 Å².